The van der Waals surface area contributed by atoms with Crippen molar-refractivity contribution in [2.45, 2.75) is 24.9 Å². The van der Waals surface area contributed by atoms with Crippen LogP contribution in [0.4, 0.5) is 0 Å². The Morgan fingerprint density at radius 3 is 3.07 bits per heavy atom. The first-order valence-corrected chi connectivity index (χ1v) is 5.46. The second-order valence-electron chi connectivity index (χ2n) is 3.98. The zero-order valence-electron chi connectivity index (χ0n) is 7.60. The van der Waals surface area contributed by atoms with Gasteiger partial charge in [0.25, 0.3) is 0 Å². The van der Waals surface area contributed by atoms with Gasteiger partial charge in [0, 0.05) is 6.42 Å². The van der Waals surface area contributed by atoms with E-state index in [4.69, 9.17) is 0 Å². The molecule has 0 radical (unpaired) electrons. The van der Waals surface area contributed by atoms with Gasteiger partial charge in [0.15, 0.2) is 0 Å². The largest absolute Gasteiger partial charge is 0.390 e. The summed E-state index contributed by atoms with van der Waals surface area (Å²) in [5.74, 6) is 0. The maximum atomic E-state index is 9.78. The Hall–Kier alpha value is -1.00. The molecule has 72 valence electrons. The standard InChI is InChI=1S/C10H10N2OS/c13-10(3-4-10)6-7-1-2-8-9(5-7)14-12-11-8/h1-2,5,13H,3-4,6H2. The van der Waals surface area contributed by atoms with Crippen LogP contribution in [0.15, 0.2) is 18.2 Å². The molecular formula is C10H10N2OS. The van der Waals surface area contributed by atoms with Crippen LogP contribution in [0.5, 0.6) is 0 Å². The fourth-order valence-electron chi connectivity index (χ4n) is 1.63. The van der Waals surface area contributed by atoms with Crippen LogP contribution in [0.1, 0.15) is 18.4 Å². The Balaban J connectivity index is 1.97. The monoisotopic (exact) mass is 206 g/mol. The van der Waals surface area contributed by atoms with Crippen LogP contribution in [-0.4, -0.2) is 20.3 Å². The maximum absolute atomic E-state index is 9.78. The van der Waals surface area contributed by atoms with Gasteiger partial charge in [-0.25, -0.2) is 0 Å². The molecule has 14 heavy (non-hydrogen) atoms. The summed E-state index contributed by atoms with van der Waals surface area (Å²) in [6.07, 6.45) is 2.64. The molecule has 0 spiro atoms. The molecule has 1 aliphatic rings. The summed E-state index contributed by atoms with van der Waals surface area (Å²) in [7, 11) is 0. The topological polar surface area (TPSA) is 46.0 Å². The van der Waals surface area contributed by atoms with Gasteiger partial charge in [0.1, 0.15) is 5.52 Å². The minimum absolute atomic E-state index is 0.411. The van der Waals surface area contributed by atoms with Gasteiger partial charge in [-0.2, -0.15) is 0 Å². The van der Waals surface area contributed by atoms with E-state index in [0.29, 0.717) is 0 Å². The van der Waals surface area contributed by atoms with E-state index in [1.165, 1.54) is 17.1 Å². The van der Waals surface area contributed by atoms with Crippen molar-refractivity contribution < 1.29 is 5.11 Å². The Bertz CT molecular complexity index is 476. The summed E-state index contributed by atoms with van der Waals surface area (Å²) < 4.78 is 4.99. The molecular weight excluding hydrogens is 196 g/mol. The highest BCUT2D eigenvalue weighted by atomic mass is 32.1. The lowest BCUT2D eigenvalue weighted by Crippen LogP contribution is -2.10. The van der Waals surface area contributed by atoms with Gasteiger partial charge in [0.2, 0.25) is 0 Å². The van der Waals surface area contributed by atoms with Gasteiger partial charge in [-0.3, -0.25) is 0 Å². The summed E-state index contributed by atoms with van der Waals surface area (Å²) in [5.41, 5.74) is 1.72. The van der Waals surface area contributed by atoms with E-state index in [9.17, 15) is 5.11 Å². The molecule has 0 unspecified atom stereocenters. The molecule has 1 fully saturated rings. The fraction of sp³-hybridized carbons (Fsp3) is 0.400. The van der Waals surface area contributed by atoms with Gasteiger partial charge < -0.3 is 5.11 Å². The Morgan fingerprint density at radius 2 is 2.29 bits per heavy atom. The van der Waals surface area contributed by atoms with Crippen LogP contribution in [0.25, 0.3) is 10.2 Å². The van der Waals surface area contributed by atoms with Crippen LogP contribution < -0.4 is 0 Å². The van der Waals surface area contributed by atoms with Gasteiger partial charge in [-0.15, -0.1) is 5.10 Å². The van der Waals surface area contributed by atoms with Crippen molar-refractivity contribution in [3.63, 3.8) is 0 Å². The van der Waals surface area contributed by atoms with Gasteiger partial charge in [-0.1, -0.05) is 10.6 Å². The van der Waals surface area contributed by atoms with Gasteiger partial charge in [0.05, 0.1) is 10.3 Å². The van der Waals surface area contributed by atoms with E-state index in [2.05, 4.69) is 15.7 Å². The van der Waals surface area contributed by atoms with E-state index in [0.717, 1.165) is 29.5 Å². The highest BCUT2D eigenvalue weighted by Crippen LogP contribution is 2.38. The summed E-state index contributed by atoms with van der Waals surface area (Å²) in [5, 5.41) is 13.8. The molecule has 1 aromatic heterocycles. The van der Waals surface area contributed by atoms with Crippen molar-refractivity contribution in [3.05, 3.63) is 23.8 Å². The molecule has 1 aliphatic carbocycles. The van der Waals surface area contributed by atoms with E-state index < -0.39 is 5.60 Å². The second kappa shape index (κ2) is 2.74. The third kappa shape index (κ3) is 1.40. The summed E-state index contributed by atoms with van der Waals surface area (Å²) in [4.78, 5) is 0. The number of hydrogen-bond donors (Lipinski definition) is 1. The number of nitrogens with zero attached hydrogens (tertiary/aromatic N) is 2. The van der Waals surface area contributed by atoms with Crippen molar-refractivity contribution in [2.75, 3.05) is 0 Å². The predicted octanol–water partition coefficient (Wildman–Crippen LogP) is 1.76. The van der Waals surface area contributed by atoms with E-state index in [1.807, 2.05) is 12.1 Å². The number of aromatic nitrogens is 2. The fourth-order valence-corrected chi connectivity index (χ4v) is 2.26. The molecule has 3 nitrogen and oxygen atoms in total. The summed E-state index contributed by atoms with van der Waals surface area (Å²) in [6.45, 7) is 0. The van der Waals surface area contributed by atoms with Gasteiger partial charge in [-0.05, 0) is 42.1 Å². The van der Waals surface area contributed by atoms with Crippen molar-refractivity contribution in [1.82, 2.24) is 9.59 Å². The molecule has 2 aromatic rings. The molecule has 3 rings (SSSR count). The van der Waals surface area contributed by atoms with E-state index in [-0.39, 0.29) is 0 Å². The van der Waals surface area contributed by atoms with E-state index >= 15 is 0 Å². The van der Waals surface area contributed by atoms with Crippen LogP contribution in [-0.2, 0) is 6.42 Å². The number of aliphatic hydroxyl groups is 1. The number of fused-ring (bicyclic) bond motifs is 1. The second-order valence-corrected chi connectivity index (χ2v) is 4.76. The Kier molecular flexibility index (Phi) is 1.63. The van der Waals surface area contributed by atoms with E-state index in [1.54, 1.807) is 0 Å². The first-order chi connectivity index (χ1) is 6.75. The number of hydrogen-bond acceptors (Lipinski definition) is 4. The number of benzene rings is 1. The van der Waals surface area contributed by atoms with Crippen LogP contribution >= 0.6 is 11.5 Å². The maximum Gasteiger partial charge on any atom is 0.105 e. The highest BCUT2D eigenvalue weighted by Gasteiger charge is 2.40. The average Bonchev–Trinajstić information content (AvgIpc) is 2.73. The first-order valence-electron chi connectivity index (χ1n) is 4.69. The van der Waals surface area contributed by atoms with Crippen molar-refractivity contribution >= 4 is 21.7 Å². The number of rotatable bonds is 2. The minimum atomic E-state index is -0.411. The van der Waals surface area contributed by atoms with Crippen molar-refractivity contribution in [2.24, 2.45) is 0 Å². The zero-order chi connectivity index (χ0) is 9.60. The normalized spacial score (nSPS) is 18.6. The quantitative estimate of drug-likeness (QED) is 0.814. The molecule has 1 N–H and O–H groups in total. The SMILES string of the molecule is OC1(Cc2ccc3nnsc3c2)CC1. The lowest BCUT2D eigenvalue weighted by molar-refractivity contribution is 0.151. The van der Waals surface area contributed by atoms with Crippen molar-refractivity contribution in [3.8, 4) is 0 Å². The molecule has 0 atom stereocenters. The molecule has 4 heteroatoms. The lowest BCUT2D eigenvalue weighted by atomic mass is 10.1. The van der Waals surface area contributed by atoms with Crippen LogP contribution in [0.3, 0.4) is 0 Å². The molecule has 1 aromatic carbocycles. The third-order valence-corrected chi connectivity index (χ3v) is 3.36. The Labute approximate surface area is 85.6 Å². The molecule has 0 bridgehead atoms. The predicted molar refractivity (Wildman–Crippen MR) is 55.3 cm³/mol. The summed E-state index contributed by atoms with van der Waals surface area (Å²) >= 11 is 1.41. The smallest absolute Gasteiger partial charge is 0.105 e. The van der Waals surface area contributed by atoms with Crippen LogP contribution in [0, 0.1) is 0 Å². The Morgan fingerprint density at radius 1 is 1.43 bits per heavy atom. The van der Waals surface area contributed by atoms with Crippen LogP contribution in [0.2, 0.25) is 0 Å². The van der Waals surface area contributed by atoms with Crippen molar-refractivity contribution in [1.29, 1.82) is 0 Å². The van der Waals surface area contributed by atoms with Gasteiger partial charge >= 0.3 is 0 Å². The lowest BCUT2D eigenvalue weighted by Gasteiger charge is -2.06. The zero-order valence-corrected chi connectivity index (χ0v) is 8.42. The molecule has 0 amide bonds. The molecule has 1 saturated carbocycles. The minimum Gasteiger partial charge on any atom is -0.390 e. The third-order valence-electron chi connectivity index (χ3n) is 2.67. The molecule has 0 aliphatic heterocycles. The first kappa shape index (κ1) is 8.32. The summed E-state index contributed by atoms with van der Waals surface area (Å²) in [6, 6.07) is 6.08. The highest BCUT2D eigenvalue weighted by molar-refractivity contribution is 7.12. The molecule has 1 heterocycles. The molecule has 0 saturated heterocycles. The average molecular weight is 206 g/mol.